The van der Waals surface area contributed by atoms with Crippen molar-refractivity contribution in [2.75, 3.05) is 18.6 Å². The van der Waals surface area contributed by atoms with E-state index >= 15 is 0 Å². The van der Waals surface area contributed by atoms with Gasteiger partial charge < -0.3 is 19.7 Å². The number of carbonyl (C=O) groups is 4. The third-order valence-electron chi connectivity index (χ3n) is 5.03. The molecular formula is C23H25N3O6. The van der Waals surface area contributed by atoms with Gasteiger partial charge in [0, 0.05) is 19.5 Å². The molecule has 0 aromatic heterocycles. The highest BCUT2D eigenvalue weighted by molar-refractivity contribution is 6.01. The molecule has 1 fully saturated rings. The maximum absolute atomic E-state index is 12.5. The van der Waals surface area contributed by atoms with E-state index in [1.807, 2.05) is 30.3 Å². The molecule has 1 aliphatic heterocycles. The second-order valence-corrected chi connectivity index (χ2v) is 7.31. The largest absolute Gasteiger partial charge is 0.495 e. The van der Waals surface area contributed by atoms with Crippen LogP contribution in [0.4, 0.5) is 10.5 Å². The number of para-hydroxylation sites is 2. The minimum absolute atomic E-state index is 0.0389. The van der Waals surface area contributed by atoms with Gasteiger partial charge in [-0.05, 0) is 24.6 Å². The van der Waals surface area contributed by atoms with Gasteiger partial charge in [0.25, 0.3) is 5.91 Å². The number of ether oxygens (including phenoxy) is 2. The number of methoxy groups -OCH3 is 1. The first-order valence-corrected chi connectivity index (χ1v) is 10.2. The number of anilines is 1. The average molecular weight is 439 g/mol. The van der Waals surface area contributed by atoms with Gasteiger partial charge in [0.1, 0.15) is 5.75 Å². The SMILES string of the molecule is COc1ccccc1N1C[C@H](C(=O)O[C@@H](C)C(=O)NC(=O)NCc2ccccc2)CC1=O. The van der Waals surface area contributed by atoms with Crippen molar-refractivity contribution >= 4 is 29.5 Å². The molecule has 168 valence electrons. The lowest BCUT2D eigenvalue weighted by molar-refractivity contribution is -0.158. The maximum Gasteiger partial charge on any atom is 0.321 e. The first kappa shape index (κ1) is 22.8. The minimum atomic E-state index is -1.19. The summed E-state index contributed by atoms with van der Waals surface area (Å²) in [7, 11) is 1.50. The van der Waals surface area contributed by atoms with Gasteiger partial charge in [-0.25, -0.2) is 4.79 Å². The number of nitrogens with one attached hydrogen (secondary N) is 2. The van der Waals surface area contributed by atoms with Crippen molar-refractivity contribution < 1.29 is 28.7 Å². The van der Waals surface area contributed by atoms with Crippen LogP contribution in [0.5, 0.6) is 5.75 Å². The summed E-state index contributed by atoms with van der Waals surface area (Å²) in [5, 5.41) is 4.70. The Bertz CT molecular complexity index is 994. The van der Waals surface area contributed by atoms with Crippen LogP contribution in [-0.2, 0) is 25.7 Å². The Hall–Kier alpha value is -3.88. The van der Waals surface area contributed by atoms with Crippen molar-refractivity contribution in [2.45, 2.75) is 26.0 Å². The van der Waals surface area contributed by atoms with Crippen molar-refractivity contribution in [2.24, 2.45) is 5.92 Å². The van der Waals surface area contributed by atoms with Crippen molar-refractivity contribution in [3.8, 4) is 5.75 Å². The summed E-state index contributed by atoms with van der Waals surface area (Å²) in [5.74, 6) is -1.88. The van der Waals surface area contributed by atoms with Gasteiger partial charge in [-0.3, -0.25) is 19.7 Å². The second-order valence-electron chi connectivity index (χ2n) is 7.31. The predicted molar refractivity (Wildman–Crippen MR) is 116 cm³/mol. The van der Waals surface area contributed by atoms with E-state index in [9.17, 15) is 19.2 Å². The van der Waals surface area contributed by atoms with Crippen LogP contribution in [0, 0.1) is 5.92 Å². The maximum atomic E-state index is 12.5. The molecule has 0 saturated carbocycles. The Kier molecular flexibility index (Phi) is 7.43. The number of urea groups is 1. The smallest absolute Gasteiger partial charge is 0.321 e. The molecule has 9 nitrogen and oxygen atoms in total. The Morgan fingerprint density at radius 2 is 1.78 bits per heavy atom. The Labute approximate surface area is 185 Å². The zero-order valence-electron chi connectivity index (χ0n) is 17.9. The molecule has 3 rings (SSSR count). The van der Waals surface area contributed by atoms with Crippen LogP contribution < -0.4 is 20.3 Å². The third-order valence-corrected chi connectivity index (χ3v) is 5.03. The van der Waals surface area contributed by atoms with Crippen molar-refractivity contribution in [1.29, 1.82) is 0 Å². The van der Waals surface area contributed by atoms with E-state index in [4.69, 9.17) is 9.47 Å². The van der Waals surface area contributed by atoms with Crippen LogP contribution in [0.15, 0.2) is 54.6 Å². The fourth-order valence-electron chi connectivity index (χ4n) is 3.31. The molecule has 9 heteroatoms. The number of amides is 4. The third kappa shape index (κ3) is 5.63. The minimum Gasteiger partial charge on any atom is -0.495 e. The summed E-state index contributed by atoms with van der Waals surface area (Å²) in [6, 6.07) is 15.5. The molecule has 0 unspecified atom stereocenters. The molecule has 2 aromatic rings. The van der Waals surface area contributed by atoms with Crippen molar-refractivity contribution in [3.63, 3.8) is 0 Å². The summed E-state index contributed by atoms with van der Waals surface area (Å²) < 4.78 is 10.5. The molecule has 1 aliphatic rings. The number of hydrogen-bond acceptors (Lipinski definition) is 6. The first-order valence-electron chi connectivity index (χ1n) is 10.2. The molecule has 0 spiro atoms. The lowest BCUT2D eigenvalue weighted by Gasteiger charge is -2.19. The second kappa shape index (κ2) is 10.4. The highest BCUT2D eigenvalue weighted by atomic mass is 16.5. The molecule has 1 saturated heterocycles. The summed E-state index contributed by atoms with van der Waals surface area (Å²) in [5.41, 5.74) is 1.44. The number of nitrogens with zero attached hydrogens (tertiary/aromatic N) is 1. The van der Waals surface area contributed by atoms with Crippen molar-refractivity contribution in [1.82, 2.24) is 10.6 Å². The Morgan fingerprint density at radius 3 is 2.50 bits per heavy atom. The van der Waals surface area contributed by atoms with Gasteiger partial charge in [0.05, 0.1) is 18.7 Å². The fraction of sp³-hybridized carbons (Fsp3) is 0.304. The van der Waals surface area contributed by atoms with Gasteiger partial charge in [-0.2, -0.15) is 0 Å². The lowest BCUT2D eigenvalue weighted by Crippen LogP contribution is -2.45. The molecule has 0 bridgehead atoms. The summed E-state index contributed by atoms with van der Waals surface area (Å²) in [6.07, 6.45) is -1.23. The molecule has 0 radical (unpaired) electrons. The zero-order valence-corrected chi connectivity index (χ0v) is 17.9. The predicted octanol–water partition coefficient (Wildman–Crippen LogP) is 2.01. The van der Waals surface area contributed by atoms with Gasteiger partial charge in [-0.1, -0.05) is 42.5 Å². The van der Waals surface area contributed by atoms with E-state index in [1.165, 1.54) is 18.9 Å². The Morgan fingerprint density at radius 1 is 1.09 bits per heavy atom. The molecular weight excluding hydrogens is 414 g/mol. The van der Waals surface area contributed by atoms with Gasteiger partial charge in [0.2, 0.25) is 5.91 Å². The van der Waals surface area contributed by atoms with Crippen LogP contribution >= 0.6 is 0 Å². The molecule has 4 amide bonds. The van der Waals surface area contributed by atoms with Crippen molar-refractivity contribution in [3.05, 3.63) is 60.2 Å². The normalized spacial score (nSPS) is 16.2. The highest BCUT2D eigenvalue weighted by Crippen LogP contribution is 2.33. The number of carbonyl (C=O) groups excluding carboxylic acids is 4. The summed E-state index contributed by atoms with van der Waals surface area (Å²) in [4.78, 5) is 50.6. The summed E-state index contributed by atoms with van der Waals surface area (Å²) >= 11 is 0. The quantitative estimate of drug-likeness (QED) is 0.638. The average Bonchev–Trinajstić information content (AvgIpc) is 3.19. The summed E-state index contributed by atoms with van der Waals surface area (Å²) in [6.45, 7) is 1.73. The lowest BCUT2D eigenvalue weighted by atomic mass is 10.1. The van der Waals surface area contributed by atoms with E-state index in [1.54, 1.807) is 24.3 Å². The van der Waals surface area contributed by atoms with Gasteiger partial charge in [-0.15, -0.1) is 0 Å². The van der Waals surface area contributed by atoms with Crippen LogP contribution in [0.3, 0.4) is 0 Å². The number of esters is 1. The van der Waals surface area contributed by atoms with Crippen LogP contribution in [0.25, 0.3) is 0 Å². The van der Waals surface area contributed by atoms with Gasteiger partial charge >= 0.3 is 12.0 Å². The van der Waals surface area contributed by atoms with E-state index in [0.717, 1.165) is 5.56 Å². The molecule has 2 atom stereocenters. The standard InChI is InChI=1S/C23H25N3O6/c1-15(21(28)25-23(30)24-13-16-8-4-3-5-9-16)32-22(29)17-12-20(27)26(14-17)18-10-6-7-11-19(18)31-2/h3-11,15,17H,12-14H2,1-2H3,(H2,24,25,28,30)/t15-,17+/m0/s1. The molecule has 2 N–H and O–H groups in total. The van der Waals surface area contributed by atoms with E-state index in [2.05, 4.69) is 10.6 Å². The van der Waals surface area contributed by atoms with E-state index in [-0.39, 0.29) is 25.4 Å². The first-order chi connectivity index (χ1) is 15.4. The van der Waals surface area contributed by atoms with Crippen LogP contribution in [0.2, 0.25) is 0 Å². The van der Waals surface area contributed by atoms with Crippen LogP contribution in [-0.4, -0.2) is 43.6 Å². The number of benzene rings is 2. The van der Waals surface area contributed by atoms with Gasteiger partial charge in [0.15, 0.2) is 6.10 Å². The molecule has 32 heavy (non-hydrogen) atoms. The monoisotopic (exact) mass is 439 g/mol. The molecule has 1 heterocycles. The van der Waals surface area contributed by atoms with Crippen LogP contribution in [0.1, 0.15) is 18.9 Å². The number of imide groups is 1. The highest BCUT2D eigenvalue weighted by Gasteiger charge is 2.38. The zero-order chi connectivity index (χ0) is 23.1. The number of rotatable bonds is 7. The topological polar surface area (TPSA) is 114 Å². The fourth-order valence-corrected chi connectivity index (χ4v) is 3.31. The molecule has 2 aromatic carbocycles. The van der Waals surface area contributed by atoms with E-state index < -0.39 is 29.9 Å². The van der Waals surface area contributed by atoms with E-state index in [0.29, 0.717) is 11.4 Å². The number of hydrogen-bond donors (Lipinski definition) is 2. The molecule has 0 aliphatic carbocycles. The Balaban J connectivity index is 1.50.